The van der Waals surface area contributed by atoms with Gasteiger partial charge in [0.1, 0.15) is 18.4 Å². The third kappa shape index (κ3) is 3.37. The highest BCUT2D eigenvalue weighted by Crippen LogP contribution is 2.37. The van der Waals surface area contributed by atoms with Crippen LogP contribution in [-0.2, 0) is 11.3 Å². The van der Waals surface area contributed by atoms with Gasteiger partial charge in [0, 0.05) is 31.1 Å². The Morgan fingerprint density at radius 1 is 1.10 bits per heavy atom. The van der Waals surface area contributed by atoms with E-state index in [1.807, 2.05) is 29.2 Å². The number of amides is 1. The molecule has 148 valence electrons. The second kappa shape index (κ2) is 7.31. The number of fused-ring (bicyclic) bond motifs is 3. The van der Waals surface area contributed by atoms with Crippen LogP contribution >= 0.6 is 0 Å². The standard InChI is InChI=1S/C22H22N4O3/c27-21(13-25-14-24-20-6-2-1-5-19(20)22(25)28)26-15-7-8-16(26)11-18(10-15)29-17-4-3-9-23-12-17/h1-6,9,12,14-16,18H,7-8,10-11,13H2. The lowest BCUT2D eigenvalue weighted by molar-refractivity contribution is -0.137. The smallest absolute Gasteiger partial charge is 0.261 e. The van der Waals surface area contributed by atoms with E-state index in [-0.39, 0.29) is 36.2 Å². The number of ether oxygens (including phenoxy) is 1. The minimum Gasteiger partial charge on any atom is -0.489 e. The van der Waals surface area contributed by atoms with Crippen molar-refractivity contribution in [1.29, 1.82) is 0 Å². The van der Waals surface area contributed by atoms with Gasteiger partial charge in [-0.15, -0.1) is 0 Å². The lowest BCUT2D eigenvalue weighted by Crippen LogP contribution is -2.50. The van der Waals surface area contributed by atoms with Crippen LogP contribution in [0.3, 0.4) is 0 Å². The summed E-state index contributed by atoms with van der Waals surface area (Å²) in [5.74, 6) is 0.752. The van der Waals surface area contributed by atoms with Crippen LogP contribution in [0.15, 0.2) is 59.9 Å². The molecule has 2 atom stereocenters. The van der Waals surface area contributed by atoms with Crippen molar-refractivity contribution in [3.8, 4) is 5.75 Å². The largest absolute Gasteiger partial charge is 0.489 e. The van der Waals surface area contributed by atoms with Gasteiger partial charge in [0.15, 0.2) is 0 Å². The maximum absolute atomic E-state index is 13.1. The molecule has 2 bridgehead atoms. The molecule has 2 aliphatic rings. The first-order valence-electron chi connectivity index (χ1n) is 10.0. The lowest BCUT2D eigenvalue weighted by atomic mass is 9.99. The molecule has 5 rings (SSSR count). The van der Waals surface area contributed by atoms with E-state index in [2.05, 4.69) is 9.97 Å². The van der Waals surface area contributed by atoms with E-state index in [0.29, 0.717) is 10.9 Å². The van der Waals surface area contributed by atoms with Gasteiger partial charge in [-0.1, -0.05) is 12.1 Å². The van der Waals surface area contributed by atoms with Crippen molar-refractivity contribution in [1.82, 2.24) is 19.4 Å². The van der Waals surface area contributed by atoms with E-state index in [0.717, 1.165) is 31.4 Å². The fourth-order valence-corrected chi connectivity index (χ4v) is 4.69. The van der Waals surface area contributed by atoms with Gasteiger partial charge in [-0.05, 0) is 37.1 Å². The molecule has 1 amide bonds. The SMILES string of the molecule is O=C(Cn1cnc2ccccc2c1=O)N1C2CCC1CC(Oc1cccnc1)C2. The Bertz CT molecular complexity index is 1080. The van der Waals surface area contributed by atoms with Crippen molar-refractivity contribution in [2.45, 2.75) is 50.4 Å². The molecule has 0 spiro atoms. The van der Waals surface area contributed by atoms with Gasteiger partial charge >= 0.3 is 0 Å². The van der Waals surface area contributed by atoms with E-state index in [1.165, 1.54) is 10.9 Å². The molecule has 2 saturated heterocycles. The highest BCUT2D eigenvalue weighted by atomic mass is 16.5. The Labute approximate surface area is 168 Å². The number of para-hydroxylation sites is 1. The molecule has 1 aromatic carbocycles. The molecule has 0 radical (unpaired) electrons. The van der Waals surface area contributed by atoms with Crippen LogP contribution < -0.4 is 10.3 Å². The van der Waals surface area contributed by atoms with E-state index < -0.39 is 0 Å². The first-order chi connectivity index (χ1) is 14.2. The quantitative estimate of drug-likeness (QED) is 0.684. The van der Waals surface area contributed by atoms with Crippen molar-refractivity contribution in [3.05, 3.63) is 65.5 Å². The maximum Gasteiger partial charge on any atom is 0.261 e. The summed E-state index contributed by atoms with van der Waals surface area (Å²) in [4.78, 5) is 36.2. The van der Waals surface area contributed by atoms with Crippen LogP contribution in [0, 0.1) is 0 Å². The number of hydrogen-bond donors (Lipinski definition) is 0. The predicted octanol–water partition coefficient (Wildman–Crippen LogP) is 2.39. The summed E-state index contributed by atoms with van der Waals surface area (Å²) in [6.45, 7) is 0.0256. The first-order valence-corrected chi connectivity index (χ1v) is 10.0. The molecule has 2 unspecified atom stereocenters. The Morgan fingerprint density at radius 3 is 2.66 bits per heavy atom. The van der Waals surface area contributed by atoms with Gasteiger partial charge in [-0.25, -0.2) is 4.98 Å². The van der Waals surface area contributed by atoms with Crippen LogP contribution in [0.25, 0.3) is 10.9 Å². The first kappa shape index (κ1) is 17.8. The molecule has 0 aliphatic carbocycles. The number of nitrogens with zero attached hydrogens (tertiary/aromatic N) is 4. The Balaban J connectivity index is 1.30. The molecule has 0 N–H and O–H groups in total. The number of aromatic nitrogens is 3. The minimum absolute atomic E-state index is 0.0171. The van der Waals surface area contributed by atoms with Gasteiger partial charge in [-0.2, -0.15) is 0 Å². The number of hydrogen-bond acceptors (Lipinski definition) is 5. The zero-order chi connectivity index (χ0) is 19.8. The molecular formula is C22H22N4O3. The Morgan fingerprint density at radius 2 is 1.90 bits per heavy atom. The summed E-state index contributed by atoms with van der Waals surface area (Å²) >= 11 is 0. The molecule has 2 aromatic heterocycles. The fraction of sp³-hybridized carbons (Fsp3) is 0.364. The van der Waals surface area contributed by atoms with Gasteiger partial charge in [0.05, 0.1) is 23.4 Å². The number of benzene rings is 1. The summed E-state index contributed by atoms with van der Waals surface area (Å²) in [7, 11) is 0. The summed E-state index contributed by atoms with van der Waals surface area (Å²) in [6.07, 6.45) is 8.58. The van der Waals surface area contributed by atoms with E-state index in [1.54, 1.807) is 24.5 Å². The molecule has 29 heavy (non-hydrogen) atoms. The van der Waals surface area contributed by atoms with Crippen LogP contribution in [0.4, 0.5) is 0 Å². The number of piperidine rings is 1. The van der Waals surface area contributed by atoms with Crippen molar-refractivity contribution in [2.75, 3.05) is 0 Å². The predicted molar refractivity (Wildman–Crippen MR) is 108 cm³/mol. The fourth-order valence-electron chi connectivity index (χ4n) is 4.69. The van der Waals surface area contributed by atoms with Crippen LogP contribution in [0.5, 0.6) is 5.75 Å². The van der Waals surface area contributed by atoms with Crippen molar-refractivity contribution in [3.63, 3.8) is 0 Å². The number of carbonyl (C=O) groups is 1. The molecule has 7 nitrogen and oxygen atoms in total. The van der Waals surface area contributed by atoms with Crippen LogP contribution in [-0.4, -0.2) is 43.5 Å². The third-order valence-electron chi connectivity index (χ3n) is 5.95. The Hall–Kier alpha value is -3.22. The van der Waals surface area contributed by atoms with Gasteiger partial charge in [0.2, 0.25) is 5.91 Å². The highest BCUT2D eigenvalue weighted by molar-refractivity contribution is 5.79. The average Bonchev–Trinajstić information content (AvgIpc) is 3.02. The summed E-state index contributed by atoms with van der Waals surface area (Å²) < 4.78 is 7.50. The second-order valence-corrected chi connectivity index (χ2v) is 7.78. The minimum atomic E-state index is -0.175. The number of rotatable bonds is 4. The number of carbonyl (C=O) groups excluding carboxylic acids is 1. The highest BCUT2D eigenvalue weighted by Gasteiger charge is 2.44. The van der Waals surface area contributed by atoms with Gasteiger partial charge in [-0.3, -0.25) is 19.1 Å². The van der Waals surface area contributed by atoms with E-state index >= 15 is 0 Å². The molecule has 0 saturated carbocycles. The summed E-state index contributed by atoms with van der Waals surface area (Å²) in [5, 5.41) is 0.536. The summed E-state index contributed by atoms with van der Waals surface area (Å²) in [6, 6.07) is 11.3. The topological polar surface area (TPSA) is 77.3 Å². The van der Waals surface area contributed by atoms with Gasteiger partial charge in [0.25, 0.3) is 5.56 Å². The summed E-state index contributed by atoms with van der Waals surface area (Å²) in [5.41, 5.74) is 0.473. The maximum atomic E-state index is 13.1. The van der Waals surface area contributed by atoms with Gasteiger partial charge < -0.3 is 9.64 Å². The third-order valence-corrected chi connectivity index (χ3v) is 5.95. The zero-order valence-electron chi connectivity index (χ0n) is 16.0. The molecular weight excluding hydrogens is 368 g/mol. The van der Waals surface area contributed by atoms with Crippen molar-refractivity contribution >= 4 is 16.8 Å². The van der Waals surface area contributed by atoms with Crippen molar-refractivity contribution in [2.24, 2.45) is 0 Å². The molecule has 2 aliphatic heterocycles. The normalized spacial score (nSPS) is 23.3. The number of pyridine rings is 1. The molecule has 3 aromatic rings. The zero-order valence-corrected chi connectivity index (χ0v) is 16.0. The second-order valence-electron chi connectivity index (χ2n) is 7.78. The van der Waals surface area contributed by atoms with E-state index in [9.17, 15) is 9.59 Å². The molecule has 4 heterocycles. The van der Waals surface area contributed by atoms with Crippen molar-refractivity contribution < 1.29 is 9.53 Å². The van der Waals surface area contributed by atoms with E-state index in [4.69, 9.17) is 4.74 Å². The lowest BCUT2D eigenvalue weighted by Gasteiger charge is -2.39. The van der Waals surface area contributed by atoms with Crippen LogP contribution in [0.2, 0.25) is 0 Å². The molecule has 2 fully saturated rings. The Kier molecular flexibility index (Phi) is 4.50. The monoisotopic (exact) mass is 390 g/mol. The molecule has 7 heteroatoms. The average molecular weight is 390 g/mol. The van der Waals surface area contributed by atoms with Crippen LogP contribution in [0.1, 0.15) is 25.7 Å².